The average Bonchev–Trinajstić information content (AvgIpc) is 2.18. The van der Waals surface area contributed by atoms with E-state index < -0.39 is 0 Å². The number of aromatic nitrogens is 1. The lowest BCUT2D eigenvalue weighted by molar-refractivity contribution is 0.636. The van der Waals surface area contributed by atoms with Crippen LogP contribution in [0.2, 0.25) is 0 Å². The molecule has 0 spiro atoms. The Balaban J connectivity index is 2.86. The van der Waals surface area contributed by atoms with Crippen molar-refractivity contribution in [2.45, 2.75) is 19.9 Å². The summed E-state index contributed by atoms with van der Waals surface area (Å²) in [4.78, 5) is 4.19. The van der Waals surface area contributed by atoms with E-state index in [1.54, 1.807) is 6.07 Å². The summed E-state index contributed by atoms with van der Waals surface area (Å²) >= 11 is 0. The van der Waals surface area contributed by atoms with E-state index in [1.807, 2.05) is 26.0 Å². The van der Waals surface area contributed by atoms with Crippen molar-refractivity contribution in [3.63, 3.8) is 0 Å². The zero-order valence-corrected chi connectivity index (χ0v) is 8.79. The van der Waals surface area contributed by atoms with E-state index in [1.165, 1.54) is 6.07 Å². The van der Waals surface area contributed by atoms with Gasteiger partial charge in [0.2, 0.25) is 0 Å². The van der Waals surface area contributed by atoms with Crippen molar-refractivity contribution in [2.24, 2.45) is 5.73 Å². The number of hydrogen-bond donors (Lipinski definition) is 1. The Morgan fingerprint density at radius 1 is 1.40 bits per heavy atom. The second-order valence-electron chi connectivity index (χ2n) is 3.78. The standard InChI is InChI=1S/C12H13FN2/c1-7-6-10(8(2)14)9-4-3-5-11(13)12(9)15-7/h3-6,8H,14H2,1-2H3. The molecule has 0 aliphatic carbocycles. The van der Waals surface area contributed by atoms with Crippen LogP contribution in [0.5, 0.6) is 0 Å². The largest absolute Gasteiger partial charge is 0.324 e. The Morgan fingerprint density at radius 2 is 2.13 bits per heavy atom. The minimum Gasteiger partial charge on any atom is -0.324 e. The maximum Gasteiger partial charge on any atom is 0.149 e. The molecule has 1 aromatic carbocycles. The lowest BCUT2D eigenvalue weighted by atomic mass is 10.0. The summed E-state index contributed by atoms with van der Waals surface area (Å²) in [5.74, 6) is -0.293. The summed E-state index contributed by atoms with van der Waals surface area (Å²) in [6.45, 7) is 3.73. The highest BCUT2D eigenvalue weighted by Gasteiger charge is 2.10. The fourth-order valence-electron chi connectivity index (χ4n) is 1.75. The van der Waals surface area contributed by atoms with Gasteiger partial charge in [0.25, 0.3) is 0 Å². The second kappa shape index (κ2) is 3.59. The molecule has 0 saturated heterocycles. The number of para-hydroxylation sites is 1. The van der Waals surface area contributed by atoms with E-state index in [2.05, 4.69) is 4.98 Å². The molecule has 3 heteroatoms. The quantitative estimate of drug-likeness (QED) is 0.775. The smallest absolute Gasteiger partial charge is 0.149 e. The third-order valence-electron chi connectivity index (χ3n) is 2.44. The van der Waals surface area contributed by atoms with Crippen LogP contribution < -0.4 is 5.73 Å². The zero-order chi connectivity index (χ0) is 11.0. The van der Waals surface area contributed by atoms with E-state index >= 15 is 0 Å². The fraction of sp³-hybridized carbons (Fsp3) is 0.250. The minimum absolute atomic E-state index is 0.115. The van der Waals surface area contributed by atoms with Crippen molar-refractivity contribution in [3.8, 4) is 0 Å². The molecule has 78 valence electrons. The number of nitrogens with zero attached hydrogens (tertiary/aromatic N) is 1. The van der Waals surface area contributed by atoms with Crippen LogP contribution in [0.3, 0.4) is 0 Å². The van der Waals surface area contributed by atoms with E-state index in [-0.39, 0.29) is 11.9 Å². The van der Waals surface area contributed by atoms with Crippen LogP contribution in [-0.2, 0) is 0 Å². The van der Waals surface area contributed by atoms with Crippen molar-refractivity contribution in [1.29, 1.82) is 0 Å². The summed E-state index contributed by atoms with van der Waals surface area (Å²) in [5.41, 5.74) is 7.99. The van der Waals surface area contributed by atoms with Gasteiger partial charge in [-0.3, -0.25) is 4.98 Å². The van der Waals surface area contributed by atoms with Gasteiger partial charge in [0, 0.05) is 17.1 Å². The number of pyridine rings is 1. The van der Waals surface area contributed by atoms with Gasteiger partial charge in [0.05, 0.1) is 0 Å². The van der Waals surface area contributed by atoms with Crippen LogP contribution in [0, 0.1) is 12.7 Å². The first-order valence-corrected chi connectivity index (χ1v) is 4.91. The van der Waals surface area contributed by atoms with Crippen molar-refractivity contribution >= 4 is 10.9 Å². The van der Waals surface area contributed by atoms with E-state index in [4.69, 9.17) is 5.73 Å². The Bertz CT molecular complexity index is 506. The number of halogens is 1. The zero-order valence-electron chi connectivity index (χ0n) is 8.79. The van der Waals surface area contributed by atoms with Crippen molar-refractivity contribution < 1.29 is 4.39 Å². The van der Waals surface area contributed by atoms with Gasteiger partial charge in [0.1, 0.15) is 11.3 Å². The molecule has 0 aliphatic heterocycles. The number of fused-ring (bicyclic) bond motifs is 1. The fourth-order valence-corrected chi connectivity index (χ4v) is 1.75. The van der Waals surface area contributed by atoms with E-state index in [9.17, 15) is 4.39 Å². The molecule has 1 heterocycles. The summed E-state index contributed by atoms with van der Waals surface area (Å²) in [6, 6.07) is 6.74. The molecular weight excluding hydrogens is 191 g/mol. The first-order valence-electron chi connectivity index (χ1n) is 4.91. The molecule has 2 rings (SSSR count). The van der Waals surface area contributed by atoms with Gasteiger partial charge in [-0.1, -0.05) is 12.1 Å². The van der Waals surface area contributed by atoms with Gasteiger partial charge in [0.15, 0.2) is 0 Å². The lowest BCUT2D eigenvalue weighted by Crippen LogP contribution is -2.07. The monoisotopic (exact) mass is 204 g/mol. The van der Waals surface area contributed by atoms with Gasteiger partial charge < -0.3 is 5.73 Å². The molecule has 0 radical (unpaired) electrons. The maximum absolute atomic E-state index is 13.5. The molecular formula is C12H13FN2. The molecule has 0 bridgehead atoms. The first-order chi connectivity index (χ1) is 7.09. The molecule has 15 heavy (non-hydrogen) atoms. The highest BCUT2D eigenvalue weighted by Crippen LogP contribution is 2.24. The van der Waals surface area contributed by atoms with Crippen molar-refractivity contribution in [1.82, 2.24) is 4.98 Å². The summed E-state index contributed by atoms with van der Waals surface area (Å²) in [5, 5.41) is 0.801. The Kier molecular flexibility index (Phi) is 2.40. The molecule has 2 N–H and O–H groups in total. The van der Waals surface area contributed by atoms with Crippen molar-refractivity contribution in [3.05, 3.63) is 41.3 Å². The van der Waals surface area contributed by atoms with Crippen LogP contribution in [0.25, 0.3) is 10.9 Å². The average molecular weight is 204 g/mol. The molecule has 1 aromatic heterocycles. The highest BCUT2D eigenvalue weighted by molar-refractivity contribution is 5.83. The third-order valence-corrected chi connectivity index (χ3v) is 2.44. The SMILES string of the molecule is Cc1cc(C(C)N)c2cccc(F)c2n1. The molecule has 2 aromatic rings. The van der Waals surface area contributed by atoms with Crippen LogP contribution in [-0.4, -0.2) is 4.98 Å². The Morgan fingerprint density at radius 3 is 2.80 bits per heavy atom. The number of hydrogen-bond acceptors (Lipinski definition) is 2. The van der Waals surface area contributed by atoms with E-state index in [0.29, 0.717) is 5.52 Å². The minimum atomic E-state index is -0.293. The first kappa shape index (κ1) is 10.1. The van der Waals surface area contributed by atoms with Crippen LogP contribution in [0.4, 0.5) is 4.39 Å². The molecule has 0 aliphatic rings. The molecule has 0 amide bonds. The third kappa shape index (κ3) is 1.70. The maximum atomic E-state index is 13.5. The summed E-state index contributed by atoms with van der Waals surface area (Å²) in [7, 11) is 0. The number of aryl methyl sites for hydroxylation is 1. The van der Waals surface area contributed by atoms with Crippen molar-refractivity contribution in [2.75, 3.05) is 0 Å². The van der Waals surface area contributed by atoms with Crippen LogP contribution in [0.15, 0.2) is 24.3 Å². The molecule has 1 atom stereocenters. The molecule has 0 fully saturated rings. The predicted molar refractivity (Wildman–Crippen MR) is 59.0 cm³/mol. The second-order valence-corrected chi connectivity index (χ2v) is 3.78. The topological polar surface area (TPSA) is 38.9 Å². The van der Waals surface area contributed by atoms with E-state index in [0.717, 1.165) is 16.6 Å². The molecule has 2 nitrogen and oxygen atoms in total. The van der Waals surface area contributed by atoms with Gasteiger partial charge in [-0.05, 0) is 31.5 Å². The normalized spacial score (nSPS) is 13.1. The van der Waals surface area contributed by atoms with Gasteiger partial charge in [-0.25, -0.2) is 4.39 Å². The Hall–Kier alpha value is -1.48. The van der Waals surface area contributed by atoms with Crippen LogP contribution >= 0.6 is 0 Å². The van der Waals surface area contributed by atoms with Crippen LogP contribution in [0.1, 0.15) is 24.2 Å². The highest BCUT2D eigenvalue weighted by atomic mass is 19.1. The Labute approximate surface area is 87.9 Å². The molecule has 1 unspecified atom stereocenters. The number of rotatable bonds is 1. The molecule has 0 saturated carbocycles. The summed E-state index contributed by atoms with van der Waals surface area (Å²) in [6.07, 6.45) is 0. The number of nitrogens with two attached hydrogens (primary N) is 1. The lowest BCUT2D eigenvalue weighted by Gasteiger charge is -2.11. The predicted octanol–water partition coefficient (Wildman–Crippen LogP) is 2.70. The summed E-state index contributed by atoms with van der Waals surface area (Å²) < 4.78 is 13.5. The van der Waals surface area contributed by atoms with Gasteiger partial charge >= 0.3 is 0 Å². The van der Waals surface area contributed by atoms with Gasteiger partial charge in [-0.2, -0.15) is 0 Å². The number of benzene rings is 1. The van der Waals surface area contributed by atoms with Gasteiger partial charge in [-0.15, -0.1) is 0 Å².